The van der Waals surface area contributed by atoms with Gasteiger partial charge in [0.05, 0.1) is 11.1 Å². The van der Waals surface area contributed by atoms with Crippen molar-refractivity contribution in [2.75, 3.05) is 5.43 Å². The fraction of sp³-hybridized carbons (Fsp3) is 0.167. The van der Waals surface area contributed by atoms with E-state index < -0.39 is 4.92 Å². The number of aromatic nitrogens is 2. The Hall–Kier alpha value is -2.90. The fourth-order valence-corrected chi connectivity index (χ4v) is 1.75. The second-order valence-electron chi connectivity index (χ2n) is 4.09. The van der Waals surface area contributed by atoms with Gasteiger partial charge in [-0.1, -0.05) is 12.1 Å². The van der Waals surface area contributed by atoms with Crippen LogP contribution < -0.4 is 5.43 Å². The molecule has 2 aromatic rings. The summed E-state index contributed by atoms with van der Waals surface area (Å²) in [7, 11) is 1.58. The number of hydrogen-bond acceptors (Lipinski definition) is 6. The topological polar surface area (TPSA) is 106 Å². The van der Waals surface area contributed by atoms with Crippen LogP contribution in [0.4, 0.5) is 11.5 Å². The third kappa shape index (κ3) is 2.58. The summed E-state index contributed by atoms with van der Waals surface area (Å²) in [4.78, 5) is 10.4. The zero-order chi connectivity index (χ0) is 14.7. The van der Waals surface area contributed by atoms with Crippen molar-refractivity contribution in [3.05, 3.63) is 45.6 Å². The number of aryl methyl sites for hydroxylation is 2. The summed E-state index contributed by atoms with van der Waals surface area (Å²) in [5.74, 6) is 0.257. The summed E-state index contributed by atoms with van der Waals surface area (Å²) in [5.41, 5.74) is 3.26. The van der Waals surface area contributed by atoms with Gasteiger partial charge >= 0.3 is 5.69 Å². The molecule has 0 saturated carbocycles. The standard InChI is InChI=1S/C12H13N5O3/c1-8-11(17(19)20)12(16(2)15-8)14-13-7-9-5-3-4-6-10(9)18/h3-7,14,18H,1-2H3/b13-7+. The van der Waals surface area contributed by atoms with Crippen LogP contribution >= 0.6 is 0 Å². The quantitative estimate of drug-likeness (QED) is 0.502. The molecule has 0 bridgehead atoms. The molecule has 0 radical (unpaired) electrons. The molecule has 8 heteroatoms. The Kier molecular flexibility index (Phi) is 3.65. The molecule has 1 heterocycles. The third-order valence-corrected chi connectivity index (χ3v) is 2.68. The van der Waals surface area contributed by atoms with Crippen LogP contribution in [0.3, 0.4) is 0 Å². The van der Waals surface area contributed by atoms with Crippen LogP contribution in [0.15, 0.2) is 29.4 Å². The Bertz CT molecular complexity index is 678. The minimum Gasteiger partial charge on any atom is -0.507 e. The largest absolute Gasteiger partial charge is 0.507 e. The molecule has 1 aromatic carbocycles. The second-order valence-corrected chi connectivity index (χ2v) is 4.09. The fourth-order valence-electron chi connectivity index (χ4n) is 1.75. The van der Waals surface area contributed by atoms with Crippen LogP contribution in [0.2, 0.25) is 0 Å². The average Bonchev–Trinajstić information content (AvgIpc) is 2.66. The van der Waals surface area contributed by atoms with E-state index in [-0.39, 0.29) is 17.3 Å². The monoisotopic (exact) mass is 275 g/mol. The highest BCUT2D eigenvalue weighted by atomic mass is 16.6. The van der Waals surface area contributed by atoms with Crippen LogP contribution in [0.1, 0.15) is 11.3 Å². The zero-order valence-corrected chi connectivity index (χ0v) is 10.9. The first-order chi connectivity index (χ1) is 9.50. The van der Waals surface area contributed by atoms with Crippen molar-refractivity contribution in [1.29, 1.82) is 0 Å². The van der Waals surface area contributed by atoms with Gasteiger partial charge < -0.3 is 5.11 Å². The maximum atomic E-state index is 11.0. The van der Waals surface area contributed by atoms with Gasteiger partial charge in [0.2, 0.25) is 5.82 Å². The minimum absolute atomic E-state index is 0.0775. The van der Waals surface area contributed by atoms with E-state index in [2.05, 4.69) is 15.6 Å². The van der Waals surface area contributed by atoms with Crippen molar-refractivity contribution in [2.45, 2.75) is 6.92 Å². The molecule has 2 rings (SSSR count). The Morgan fingerprint density at radius 1 is 1.50 bits per heavy atom. The van der Waals surface area contributed by atoms with Gasteiger partial charge in [0.1, 0.15) is 11.4 Å². The number of nitro groups is 1. The molecule has 0 aliphatic carbocycles. The number of para-hydroxylation sites is 1. The van der Waals surface area contributed by atoms with Crippen molar-refractivity contribution < 1.29 is 10.0 Å². The zero-order valence-electron chi connectivity index (χ0n) is 10.9. The predicted octanol–water partition coefficient (Wildman–Crippen LogP) is 1.79. The normalized spacial score (nSPS) is 10.9. The molecular weight excluding hydrogens is 262 g/mol. The minimum atomic E-state index is -0.514. The van der Waals surface area contributed by atoms with Crippen molar-refractivity contribution in [3.8, 4) is 5.75 Å². The lowest BCUT2D eigenvalue weighted by atomic mass is 10.2. The first kappa shape index (κ1) is 13.5. The molecule has 20 heavy (non-hydrogen) atoms. The molecule has 0 saturated heterocycles. The van der Waals surface area contributed by atoms with Gasteiger partial charge in [-0.25, -0.2) is 4.68 Å². The number of aromatic hydroxyl groups is 1. The number of phenolic OH excluding ortho intramolecular Hbond substituents is 1. The van der Waals surface area contributed by atoms with Crippen LogP contribution in [-0.4, -0.2) is 26.0 Å². The molecule has 1 aromatic heterocycles. The van der Waals surface area contributed by atoms with Gasteiger partial charge in [-0.2, -0.15) is 10.2 Å². The van der Waals surface area contributed by atoms with Gasteiger partial charge in [0, 0.05) is 12.6 Å². The number of phenols is 1. The highest BCUT2D eigenvalue weighted by Gasteiger charge is 2.23. The molecule has 8 nitrogen and oxygen atoms in total. The van der Waals surface area contributed by atoms with E-state index in [0.29, 0.717) is 11.3 Å². The molecular formula is C12H13N5O3. The molecule has 0 amide bonds. The van der Waals surface area contributed by atoms with E-state index in [9.17, 15) is 15.2 Å². The lowest BCUT2D eigenvalue weighted by Crippen LogP contribution is -2.01. The number of anilines is 1. The van der Waals surface area contributed by atoms with E-state index in [1.807, 2.05) is 0 Å². The van der Waals surface area contributed by atoms with Gasteiger partial charge in [0.15, 0.2) is 0 Å². The number of hydrazone groups is 1. The molecule has 0 unspecified atom stereocenters. The Morgan fingerprint density at radius 3 is 2.85 bits per heavy atom. The van der Waals surface area contributed by atoms with Crippen molar-refractivity contribution in [1.82, 2.24) is 9.78 Å². The van der Waals surface area contributed by atoms with Crippen LogP contribution in [0, 0.1) is 17.0 Å². The highest BCUT2D eigenvalue weighted by Crippen LogP contribution is 2.27. The summed E-state index contributed by atoms with van der Waals surface area (Å²) in [6.07, 6.45) is 1.38. The number of hydrogen-bond donors (Lipinski definition) is 2. The number of rotatable bonds is 4. The Balaban J connectivity index is 2.24. The lowest BCUT2D eigenvalue weighted by Gasteiger charge is -2.00. The molecule has 0 aliphatic heterocycles. The predicted molar refractivity (Wildman–Crippen MR) is 73.9 cm³/mol. The Labute approximate surface area is 114 Å². The van der Waals surface area contributed by atoms with E-state index in [0.717, 1.165) is 0 Å². The summed E-state index contributed by atoms with van der Waals surface area (Å²) < 4.78 is 1.34. The number of benzene rings is 1. The third-order valence-electron chi connectivity index (χ3n) is 2.68. The van der Waals surface area contributed by atoms with Crippen molar-refractivity contribution in [2.24, 2.45) is 12.1 Å². The molecule has 2 N–H and O–H groups in total. The van der Waals surface area contributed by atoms with Crippen LogP contribution in [0.5, 0.6) is 5.75 Å². The van der Waals surface area contributed by atoms with E-state index in [1.54, 1.807) is 32.2 Å². The summed E-state index contributed by atoms with van der Waals surface area (Å²) in [6.45, 7) is 1.55. The van der Waals surface area contributed by atoms with E-state index in [1.165, 1.54) is 17.0 Å². The first-order valence-corrected chi connectivity index (χ1v) is 5.75. The second kappa shape index (κ2) is 5.39. The maximum absolute atomic E-state index is 11.0. The van der Waals surface area contributed by atoms with Crippen LogP contribution in [0.25, 0.3) is 0 Å². The molecule has 0 atom stereocenters. The SMILES string of the molecule is Cc1nn(C)c(N/N=C/c2ccccc2O)c1[N+](=O)[O-]. The van der Waals surface area contributed by atoms with E-state index >= 15 is 0 Å². The Morgan fingerprint density at radius 2 is 2.20 bits per heavy atom. The van der Waals surface area contributed by atoms with Gasteiger partial charge in [0.25, 0.3) is 0 Å². The highest BCUT2D eigenvalue weighted by molar-refractivity contribution is 5.83. The molecule has 0 fully saturated rings. The maximum Gasteiger partial charge on any atom is 0.335 e. The van der Waals surface area contributed by atoms with Crippen molar-refractivity contribution >= 4 is 17.7 Å². The summed E-state index contributed by atoms with van der Waals surface area (Å²) in [5, 5.41) is 28.4. The van der Waals surface area contributed by atoms with Crippen molar-refractivity contribution in [3.63, 3.8) is 0 Å². The smallest absolute Gasteiger partial charge is 0.335 e. The van der Waals surface area contributed by atoms with E-state index in [4.69, 9.17) is 0 Å². The molecule has 0 aliphatic rings. The first-order valence-electron chi connectivity index (χ1n) is 5.75. The van der Waals surface area contributed by atoms with Gasteiger partial charge in [-0.3, -0.25) is 15.5 Å². The van der Waals surface area contributed by atoms with Gasteiger partial charge in [-0.05, 0) is 19.1 Å². The number of nitrogens with zero attached hydrogens (tertiary/aromatic N) is 4. The van der Waals surface area contributed by atoms with Crippen LogP contribution in [-0.2, 0) is 7.05 Å². The summed E-state index contributed by atoms with van der Waals surface area (Å²) in [6, 6.07) is 6.63. The molecule has 104 valence electrons. The average molecular weight is 275 g/mol. The van der Waals surface area contributed by atoms with Gasteiger partial charge in [-0.15, -0.1) is 0 Å². The summed E-state index contributed by atoms with van der Waals surface area (Å²) >= 11 is 0. The molecule has 0 spiro atoms. The lowest BCUT2D eigenvalue weighted by molar-refractivity contribution is -0.384. The number of nitrogens with one attached hydrogen (secondary N) is 1.